The number of aryl methyl sites for hydroxylation is 3. The second-order valence-corrected chi connectivity index (χ2v) is 9.95. The van der Waals surface area contributed by atoms with Gasteiger partial charge in [0.1, 0.15) is 0 Å². The number of likely N-dealkylation sites (tertiary alicyclic amines) is 1. The molecular weight excluding hydrogens is 468 g/mol. The van der Waals surface area contributed by atoms with Crippen LogP contribution in [0.5, 0.6) is 11.5 Å². The van der Waals surface area contributed by atoms with Gasteiger partial charge in [0.05, 0.1) is 18.2 Å². The highest BCUT2D eigenvalue weighted by Crippen LogP contribution is 2.40. The number of carbonyl (C=O) groups is 2. The minimum Gasteiger partial charge on any atom is -0.466 e. The Morgan fingerprint density at radius 1 is 0.973 bits per heavy atom. The van der Waals surface area contributed by atoms with Crippen molar-refractivity contribution in [1.82, 2.24) is 9.47 Å². The summed E-state index contributed by atoms with van der Waals surface area (Å²) in [5, 5.41) is 0. The third-order valence-electron chi connectivity index (χ3n) is 7.77. The summed E-state index contributed by atoms with van der Waals surface area (Å²) in [4.78, 5) is 27.1. The van der Waals surface area contributed by atoms with Crippen LogP contribution in [0.4, 0.5) is 0 Å². The van der Waals surface area contributed by atoms with E-state index >= 15 is 0 Å². The van der Waals surface area contributed by atoms with Crippen LogP contribution in [0.15, 0.2) is 48.5 Å². The predicted octanol–water partition coefficient (Wildman–Crippen LogP) is 4.71. The molecule has 3 aromatic rings. The summed E-state index contributed by atoms with van der Waals surface area (Å²) in [5.74, 6) is 1.41. The molecule has 0 saturated carbocycles. The van der Waals surface area contributed by atoms with Gasteiger partial charge in [0.15, 0.2) is 11.5 Å². The number of hydrogen-bond acceptors (Lipinski definition) is 5. The fourth-order valence-corrected chi connectivity index (χ4v) is 5.86. The Labute approximate surface area is 216 Å². The monoisotopic (exact) mass is 500 g/mol. The summed E-state index contributed by atoms with van der Waals surface area (Å²) in [6, 6.07) is 16.9. The van der Waals surface area contributed by atoms with Gasteiger partial charge in [-0.25, -0.2) is 0 Å². The number of aromatic nitrogens is 1. The zero-order chi connectivity index (χ0) is 25.4. The van der Waals surface area contributed by atoms with E-state index < -0.39 is 0 Å². The van der Waals surface area contributed by atoms with Crippen LogP contribution >= 0.6 is 0 Å². The molecule has 7 heteroatoms. The first-order valence-electron chi connectivity index (χ1n) is 13.3. The first-order chi connectivity index (χ1) is 18.1. The summed E-state index contributed by atoms with van der Waals surface area (Å²) >= 11 is 0. The molecule has 192 valence electrons. The van der Waals surface area contributed by atoms with Gasteiger partial charge in [0.2, 0.25) is 12.7 Å². The number of amides is 1. The van der Waals surface area contributed by atoms with E-state index in [1.807, 2.05) is 24.0 Å². The van der Waals surface area contributed by atoms with E-state index in [4.69, 9.17) is 14.2 Å². The molecule has 3 aliphatic rings. The van der Waals surface area contributed by atoms with E-state index in [1.54, 1.807) is 0 Å². The Bertz CT molecular complexity index is 1340. The Kier molecular flexibility index (Phi) is 6.37. The van der Waals surface area contributed by atoms with Crippen LogP contribution in [0.25, 0.3) is 16.9 Å². The van der Waals surface area contributed by atoms with Gasteiger partial charge in [0, 0.05) is 42.5 Å². The van der Waals surface area contributed by atoms with E-state index in [0.29, 0.717) is 45.4 Å². The summed E-state index contributed by atoms with van der Waals surface area (Å²) < 4.78 is 18.7. The summed E-state index contributed by atoms with van der Waals surface area (Å²) in [6.45, 7) is 3.67. The first-order valence-corrected chi connectivity index (χ1v) is 13.3. The van der Waals surface area contributed by atoms with Crippen LogP contribution < -0.4 is 9.47 Å². The number of esters is 1. The average Bonchev–Trinajstić information content (AvgIpc) is 3.56. The lowest BCUT2D eigenvalue weighted by Crippen LogP contribution is -2.40. The van der Waals surface area contributed by atoms with E-state index in [9.17, 15) is 9.59 Å². The van der Waals surface area contributed by atoms with Gasteiger partial charge in [-0.05, 0) is 68.4 Å². The van der Waals surface area contributed by atoms with Crippen molar-refractivity contribution < 1.29 is 23.8 Å². The molecule has 2 aliphatic heterocycles. The van der Waals surface area contributed by atoms with Gasteiger partial charge < -0.3 is 23.7 Å². The number of piperidine rings is 1. The average molecular weight is 501 g/mol. The smallest absolute Gasteiger partial charge is 0.309 e. The lowest BCUT2D eigenvalue weighted by atomic mass is 9.90. The number of rotatable bonds is 6. The molecule has 0 atom stereocenters. The summed E-state index contributed by atoms with van der Waals surface area (Å²) in [7, 11) is 0. The highest BCUT2D eigenvalue weighted by molar-refractivity contribution is 5.78. The zero-order valence-electron chi connectivity index (χ0n) is 21.2. The third-order valence-corrected chi connectivity index (χ3v) is 7.77. The molecule has 7 nitrogen and oxygen atoms in total. The summed E-state index contributed by atoms with van der Waals surface area (Å²) in [5.41, 5.74) is 7.25. The fraction of sp³-hybridized carbons (Fsp3) is 0.400. The minimum atomic E-state index is -0.137. The molecule has 37 heavy (non-hydrogen) atoms. The molecule has 0 unspecified atom stereocenters. The van der Waals surface area contributed by atoms with Crippen LogP contribution in [0.1, 0.15) is 43.0 Å². The fourth-order valence-electron chi connectivity index (χ4n) is 5.86. The molecule has 2 aromatic carbocycles. The SMILES string of the molecule is CCOC(=O)C1CCN(C(=O)CCc2cc3c(n2-c2ccc4c(c2)OCO4)-c2ccccc2CC3)CC1. The van der Waals surface area contributed by atoms with Crippen molar-refractivity contribution in [3.05, 3.63) is 65.4 Å². The number of benzene rings is 2. The maximum Gasteiger partial charge on any atom is 0.309 e. The zero-order valence-corrected chi connectivity index (χ0v) is 21.2. The van der Waals surface area contributed by atoms with Gasteiger partial charge >= 0.3 is 5.97 Å². The molecule has 1 aromatic heterocycles. The van der Waals surface area contributed by atoms with Gasteiger partial charge in [-0.15, -0.1) is 0 Å². The van der Waals surface area contributed by atoms with Gasteiger partial charge in [-0.2, -0.15) is 0 Å². The van der Waals surface area contributed by atoms with Crippen molar-refractivity contribution in [3.63, 3.8) is 0 Å². The normalized spacial score (nSPS) is 16.3. The number of fused-ring (bicyclic) bond motifs is 4. The second kappa shape index (κ2) is 9.96. The quantitative estimate of drug-likeness (QED) is 0.459. The Morgan fingerprint density at radius 2 is 1.76 bits per heavy atom. The number of hydrogen-bond donors (Lipinski definition) is 0. The highest BCUT2D eigenvalue weighted by atomic mass is 16.7. The molecule has 6 rings (SSSR count). The van der Waals surface area contributed by atoms with E-state index in [-0.39, 0.29) is 24.6 Å². The lowest BCUT2D eigenvalue weighted by Gasteiger charge is -2.31. The Hall–Kier alpha value is -3.74. The topological polar surface area (TPSA) is 70.0 Å². The van der Waals surface area contributed by atoms with E-state index in [2.05, 4.69) is 41.0 Å². The van der Waals surface area contributed by atoms with Crippen molar-refractivity contribution in [1.29, 1.82) is 0 Å². The van der Waals surface area contributed by atoms with Crippen LogP contribution in [0, 0.1) is 5.92 Å². The Balaban J connectivity index is 1.25. The summed E-state index contributed by atoms with van der Waals surface area (Å²) in [6.07, 6.45) is 4.40. The van der Waals surface area contributed by atoms with E-state index in [1.165, 1.54) is 22.4 Å². The minimum absolute atomic E-state index is 0.0981. The highest BCUT2D eigenvalue weighted by Gasteiger charge is 2.29. The second-order valence-electron chi connectivity index (χ2n) is 9.95. The molecule has 1 saturated heterocycles. The maximum atomic E-state index is 13.2. The van der Waals surface area contributed by atoms with Crippen molar-refractivity contribution in [2.45, 2.75) is 45.4 Å². The van der Waals surface area contributed by atoms with Crippen molar-refractivity contribution in [2.24, 2.45) is 5.92 Å². The van der Waals surface area contributed by atoms with Crippen molar-refractivity contribution in [2.75, 3.05) is 26.5 Å². The molecule has 0 radical (unpaired) electrons. The number of carbonyl (C=O) groups excluding carboxylic acids is 2. The van der Waals surface area contributed by atoms with Crippen LogP contribution in [0.3, 0.4) is 0 Å². The van der Waals surface area contributed by atoms with Crippen molar-refractivity contribution >= 4 is 11.9 Å². The van der Waals surface area contributed by atoms with Gasteiger partial charge in [0.25, 0.3) is 0 Å². The largest absolute Gasteiger partial charge is 0.466 e. The molecule has 0 bridgehead atoms. The van der Waals surface area contributed by atoms with Gasteiger partial charge in [-0.1, -0.05) is 24.3 Å². The maximum absolute atomic E-state index is 13.2. The molecule has 0 N–H and O–H groups in total. The van der Waals surface area contributed by atoms with Crippen LogP contribution in [0.2, 0.25) is 0 Å². The van der Waals surface area contributed by atoms with Crippen molar-refractivity contribution in [3.8, 4) is 28.4 Å². The lowest BCUT2D eigenvalue weighted by molar-refractivity contribution is -0.151. The molecule has 1 aliphatic carbocycles. The molecular formula is C30H32N2O5. The third kappa shape index (κ3) is 4.47. The first kappa shape index (κ1) is 23.6. The number of ether oxygens (including phenoxy) is 3. The standard InChI is InChI=1S/C30H32N2O5/c1-2-35-30(34)21-13-15-31(16-14-21)28(33)12-10-23-17-22-8-7-20-5-3-4-6-25(20)29(22)32(23)24-9-11-26-27(18-24)37-19-36-26/h3-6,9,11,17-18,21H,2,7-8,10,12-16,19H2,1H3. The predicted molar refractivity (Wildman–Crippen MR) is 139 cm³/mol. The molecule has 1 fully saturated rings. The Morgan fingerprint density at radius 3 is 2.59 bits per heavy atom. The van der Waals surface area contributed by atoms with Gasteiger partial charge in [-0.3, -0.25) is 9.59 Å². The number of nitrogens with zero attached hydrogens (tertiary/aromatic N) is 2. The molecule has 0 spiro atoms. The van der Waals surface area contributed by atoms with Crippen LogP contribution in [-0.4, -0.2) is 47.8 Å². The molecule has 1 amide bonds. The van der Waals surface area contributed by atoms with E-state index in [0.717, 1.165) is 35.7 Å². The van der Waals surface area contributed by atoms with Crippen LogP contribution in [-0.2, 0) is 33.6 Å². The molecule has 3 heterocycles.